The van der Waals surface area contributed by atoms with Gasteiger partial charge in [0.15, 0.2) is 12.1 Å². The maximum atomic E-state index is 13.8. The van der Waals surface area contributed by atoms with Crippen LogP contribution in [-0.2, 0) is 4.79 Å². The van der Waals surface area contributed by atoms with Gasteiger partial charge in [-0.1, -0.05) is 26.0 Å². The quantitative estimate of drug-likeness (QED) is 0.509. The Labute approximate surface area is 161 Å². The Balaban J connectivity index is 2.16. The summed E-state index contributed by atoms with van der Waals surface area (Å²) < 4.78 is 40.5. The van der Waals surface area contributed by atoms with Gasteiger partial charge in [-0.15, -0.1) is 0 Å². The molecule has 0 amide bonds. The van der Waals surface area contributed by atoms with Gasteiger partial charge in [-0.05, 0) is 48.0 Å². The van der Waals surface area contributed by atoms with Crippen molar-refractivity contribution in [1.82, 2.24) is 4.90 Å². The van der Waals surface area contributed by atoms with Crippen LogP contribution < -0.4 is 0 Å². The number of hydrogen-bond acceptors (Lipinski definition) is 3. The highest BCUT2D eigenvalue weighted by Gasteiger charge is 2.28. The van der Waals surface area contributed by atoms with Crippen molar-refractivity contribution in [2.45, 2.75) is 19.9 Å². The zero-order valence-corrected chi connectivity index (χ0v) is 15.4. The molecule has 0 spiro atoms. The zero-order valence-electron chi connectivity index (χ0n) is 15.4. The third-order valence-corrected chi connectivity index (χ3v) is 4.36. The van der Waals surface area contributed by atoms with Crippen molar-refractivity contribution >= 4 is 17.8 Å². The Hall–Kier alpha value is -3.15. The Kier molecular flexibility index (Phi) is 5.78. The third-order valence-electron chi connectivity index (χ3n) is 4.36. The lowest BCUT2D eigenvalue weighted by atomic mass is 9.98. The maximum absolute atomic E-state index is 13.8. The average molecular weight is 384 g/mol. The summed E-state index contributed by atoms with van der Waals surface area (Å²) in [5.41, 5.74) is 1.99. The summed E-state index contributed by atoms with van der Waals surface area (Å²) in [5, 5.41) is 0. The van der Waals surface area contributed by atoms with Crippen molar-refractivity contribution < 1.29 is 18.0 Å². The van der Waals surface area contributed by atoms with Gasteiger partial charge in [-0.3, -0.25) is 4.79 Å². The summed E-state index contributed by atoms with van der Waals surface area (Å²) in [6, 6.07) is 11.2. The van der Waals surface area contributed by atoms with E-state index >= 15 is 0 Å². The van der Waals surface area contributed by atoms with Crippen molar-refractivity contribution in [3.8, 4) is 0 Å². The summed E-state index contributed by atoms with van der Waals surface area (Å²) >= 11 is 0. The van der Waals surface area contributed by atoms with E-state index in [4.69, 9.17) is 0 Å². The SMILES string of the molecule is CC(C)C1=NC(c2ccc(F)cc2)=CC(c2ccc(F)cc2)N1C=C(F)C=O. The largest absolute Gasteiger partial charge is 0.322 e. The fourth-order valence-electron chi connectivity index (χ4n) is 3.03. The van der Waals surface area contributed by atoms with E-state index in [0.717, 1.165) is 6.20 Å². The molecule has 0 aromatic heterocycles. The standard InChI is InChI=1S/C22H19F3N2O/c1-14(2)22-26-20(15-3-7-17(23)8-4-15)11-21(27(22)12-19(25)13-28)16-5-9-18(24)10-6-16/h3-14,21H,1-2H3. The third kappa shape index (κ3) is 4.22. The lowest BCUT2D eigenvalue weighted by molar-refractivity contribution is -0.106. The maximum Gasteiger partial charge on any atom is 0.179 e. The van der Waals surface area contributed by atoms with Gasteiger partial charge in [0.05, 0.1) is 11.7 Å². The summed E-state index contributed by atoms with van der Waals surface area (Å²) in [7, 11) is 0. The molecule has 144 valence electrons. The van der Waals surface area contributed by atoms with Crippen molar-refractivity contribution in [3.05, 3.63) is 89.4 Å². The molecular weight excluding hydrogens is 365 g/mol. The molecule has 0 saturated carbocycles. The van der Waals surface area contributed by atoms with Crippen molar-refractivity contribution in [2.24, 2.45) is 10.9 Å². The van der Waals surface area contributed by atoms with E-state index in [1.807, 2.05) is 13.8 Å². The highest BCUT2D eigenvalue weighted by atomic mass is 19.1. The molecule has 3 nitrogen and oxygen atoms in total. The number of halogens is 3. The Morgan fingerprint density at radius 1 is 1.04 bits per heavy atom. The van der Waals surface area contributed by atoms with Crippen LogP contribution in [0.4, 0.5) is 13.2 Å². The van der Waals surface area contributed by atoms with E-state index in [1.165, 1.54) is 24.3 Å². The number of allylic oxidation sites excluding steroid dienone is 1. The number of rotatable bonds is 5. The van der Waals surface area contributed by atoms with Gasteiger partial charge in [0.2, 0.25) is 0 Å². The molecule has 1 unspecified atom stereocenters. The van der Waals surface area contributed by atoms with Gasteiger partial charge in [-0.25, -0.2) is 18.2 Å². The number of carbonyl (C=O) groups is 1. The van der Waals surface area contributed by atoms with Gasteiger partial charge in [0.25, 0.3) is 0 Å². The Morgan fingerprint density at radius 2 is 1.61 bits per heavy atom. The average Bonchev–Trinajstić information content (AvgIpc) is 2.69. The van der Waals surface area contributed by atoms with Gasteiger partial charge in [0.1, 0.15) is 17.5 Å². The molecule has 0 radical (unpaired) electrons. The van der Waals surface area contributed by atoms with Crippen LogP contribution in [0, 0.1) is 17.6 Å². The Morgan fingerprint density at radius 3 is 2.14 bits per heavy atom. The molecule has 1 aliphatic rings. The number of aldehydes is 1. The molecule has 1 atom stereocenters. The van der Waals surface area contributed by atoms with E-state index in [0.29, 0.717) is 22.7 Å². The minimum absolute atomic E-state index is 0.0946. The molecule has 0 bridgehead atoms. The second kappa shape index (κ2) is 8.25. The number of hydrogen-bond donors (Lipinski definition) is 0. The van der Waals surface area contributed by atoms with Crippen LogP contribution in [-0.4, -0.2) is 17.0 Å². The second-order valence-corrected chi connectivity index (χ2v) is 6.72. The number of amidine groups is 1. The molecule has 0 N–H and O–H groups in total. The topological polar surface area (TPSA) is 32.7 Å². The van der Waals surface area contributed by atoms with E-state index in [1.54, 1.807) is 35.2 Å². The van der Waals surface area contributed by atoms with Crippen LogP contribution in [0.15, 0.2) is 71.6 Å². The molecule has 3 rings (SSSR count). The summed E-state index contributed by atoms with van der Waals surface area (Å²) in [4.78, 5) is 17.0. The molecule has 0 aliphatic carbocycles. The second-order valence-electron chi connectivity index (χ2n) is 6.72. The van der Waals surface area contributed by atoms with Gasteiger partial charge in [-0.2, -0.15) is 0 Å². The zero-order chi connectivity index (χ0) is 20.3. The Bertz CT molecular complexity index is 945. The lowest BCUT2D eigenvalue weighted by Crippen LogP contribution is -2.35. The first-order valence-corrected chi connectivity index (χ1v) is 8.81. The lowest BCUT2D eigenvalue weighted by Gasteiger charge is -2.35. The number of carbonyl (C=O) groups excluding carboxylic acids is 1. The van der Waals surface area contributed by atoms with Crippen molar-refractivity contribution in [3.63, 3.8) is 0 Å². The molecular formula is C22H19F3N2O. The smallest absolute Gasteiger partial charge is 0.179 e. The molecule has 1 heterocycles. The van der Waals surface area contributed by atoms with Crippen molar-refractivity contribution in [1.29, 1.82) is 0 Å². The predicted octanol–water partition coefficient (Wildman–Crippen LogP) is 5.43. The predicted molar refractivity (Wildman–Crippen MR) is 103 cm³/mol. The number of nitrogens with zero attached hydrogens (tertiary/aromatic N) is 2. The fraction of sp³-hybridized carbons (Fsp3) is 0.182. The van der Waals surface area contributed by atoms with Crippen LogP contribution in [0.1, 0.15) is 31.0 Å². The van der Waals surface area contributed by atoms with E-state index in [2.05, 4.69) is 4.99 Å². The first-order valence-electron chi connectivity index (χ1n) is 8.81. The monoisotopic (exact) mass is 384 g/mol. The van der Waals surface area contributed by atoms with E-state index < -0.39 is 11.9 Å². The van der Waals surface area contributed by atoms with Gasteiger partial charge >= 0.3 is 0 Å². The minimum atomic E-state index is -0.945. The minimum Gasteiger partial charge on any atom is -0.322 e. The van der Waals surface area contributed by atoms with Crippen molar-refractivity contribution in [2.75, 3.05) is 0 Å². The van der Waals surface area contributed by atoms with Crippen LogP contribution >= 0.6 is 0 Å². The molecule has 0 fully saturated rings. The first kappa shape index (κ1) is 19.6. The molecule has 2 aromatic rings. The molecule has 28 heavy (non-hydrogen) atoms. The highest BCUT2D eigenvalue weighted by molar-refractivity contribution is 5.93. The summed E-state index contributed by atoms with van der Waals surface area (Å²) in [6.07, 6.45) is 3.00. The van der Waals surface area contributed by atoms with Crippen LogP contribution in [0.2, 0.25) is 0 Å². The molecule has 1 aliphatic heterocycles. The first-order chi connectivity index (χ1) is 13.4. The summed E-state index contributed by atoms with van der Waals surface area (Å²) in [5.74, 6) is -1.25. The van der Waals surface area contributed by atoms with Crippen LogP contribution in [0.25, 0.3) is 5.70 Å². The normalized spacial score (nSPS) is 17.4. The summed E-state index contributed by atoms with van der Waals surface area (Å²) in [6.45, 7) is 3.79. The van der Waals surface area contributed by atoms with E-state index in [9.17, 15) is 18.0 Å². The molecule has 0 saturated heterocycles. The number of benzene rings is 2. The highest BCUT2D eigenvalue weighted by Crippen LogP contribution is 2.34. The molecule has 2 aromatic carbocycles. The van der Waals surface area contributed by atoms with Crippen LogP contribution in [0.5, 0.6) is 0 Å². The van der Waals surface area contributed by atoms with Gasteiger partial charge in [0, 0.05) is 17.7 Å². The van der Waals surface area contributed by atoms with Crippen LogP contribution in [0.3, 0.4) is 0 Å². The van der Waals surface area contributed by atoms with Gasteiger partial charge < -0.3 is 4.90 Å². The number of aliphatic imine (C=N–C) groups is 1. The fourth-order valence-corrected chi connectivity index (χ4v) is 3.03. The molecule has 6 heteroatoms. The van der Waals surface area contributed by atoms with E-state index in [-0.39, 0.29) is 23.8 Å².